The standard InChI is InChI=1S/C16H8BrF2NO2S3/c17-10-3-1-2-8(6-10)15(13(23)25-14(24)20-15)9-4-5-11-12(7-9)22-16(18,19)21-11/h1-7H,(H,20,24). The Kier molecular flexibility index (Phi) is 4.02. The second-order valence-corrected chi connectivity index (χ2v) is 8.66. The van der Waals surface area contributed by atoms with Gasteiger partial charge in [-0.2, -0.15) is 0 Å². The Morgan fingerprint density at radius 1 is 1.00 bits per heavy atom. The predicted octanol–water partition coefficient (Wildman–Crippen LogP) is 4.96. The van der Waals surface area contributed by atoms with Crippen molar-refractivity contribution in [3.63, 3.8) is 0 Å². The highest BCUT2D eigenvalue weighted by Crippen LogP contribution is 2.47. The Bertz CT molecular complexity index is 924. The van der Waals surface area contributed by atoms with E-state index in [1.807, 2.05) is 24.3 Å². The van der Waals surface area contributed by atoms with Crippen LogP contribution in [0.3, 0.4) is 0 Å². The largest absolute Gasteiger partial charge is 0.586 e. The highest BCUT2D eigenvalue weighted by Gasteiger charge is 2.48. The van der Waals surface area contributed by atoms with Gasteiger partial charge in [-0.1, -0.05) is 70.3 Å². The lowest BCUT2D eigenvalue weighted by atomic mass is 9.84. The summed E-state index contributed by atoms with van der Waals surface area (Å²) in [5.41, 5.74) is 0.560. The van der Waals surface area contributed by atoms with Gasteiger partial charge < -0.3 is 14.8 Å². The molecule has 1 unspecified atom stereocenters. The Morgan fingerprint density at radius 3 is 2.40 bits per heavy atom. The molecule has 0 aliphatic carbocycles. The van der Waals surface area contributed by atoms with Gasteiger partial charge in [-0.25, -0.2) is 0 Å². The lowest BCUT2D eigenvalue weighted by Gasteiger charge is -2.30. The molecule has 9 heteroatoms. The van der Waals surface area contributed by atoms with Gasteiger partial charge in [0.15, 0.2) is 11.5 Å². The van der Waals surface area contributed by atoms with Crippen LogP contribution >= 0.6 is 52.1 Å². The minimum absolute atomic E-state index is 0.0164. The second kappa shape index (κ2) is 5.87. The average molecular weight is 460 g/mol. The first-order chi connectivity index (χ1) is 11.8. The summed E-state index contributed by atoms with van der Waals surface area (Å²) < 4.78 is 37.7. The highest BCUT2D eigenvalue weighted by molar-refractivity contribution is 9.10. The third-order valence-corrected chi connectivity index (χ3v) is 6.05. The first-order valence-corrected chi connectivity index (χ1v) is 9.44. The fourth-order valence-electron chi connectivity index (χ4n) is 2.84. The number of thioether (sulfide) groups is 1. The van der Waals surface area contributed by atoms with Gasteiger partial charge in [-0.3, -0.25) is 0 Å². The number of hydrogen-bond donors (Lipinski definition) is 1. The van der Waals surface area contributed by atoms with Gasteiger partial charge in [0.2, 0.25) is 0 Å². The number of halogens is 3. The molecule has 1 fully saturated rings. The molecule has 0 amide bonds. The van der Waals surface area contributed by atoms with Gasteiger partial charge in [-0.15, -0.1) is 8.78 Å². The van der Waals surface area contributed by atoms with Crippen LogP contribution in [0.15, 0.2) is 46.9 Å². The van der Waals surface area contributed by atoms with Gasteiger partial charge in [0, 0.05) is 4.47 Å². The van der Waals surface area contributed by atoms with Gasteiger partial charge in [-0.05, 0) is 35.4 Å². The van der Waals surface area contributed by atoms with Crippen LogP contribution in [0.5, 0.6) is 11.5 Å². The van der Waals surface area contributed by atoms with Crippen molar-refractivity contribution in [1.82, 2.24) is 5.32 Å². The van der Waals surface area contributed by atoms with Crippen LogP contribution in [0, 0.1) is 0 Å². The molecule has 2 aliphatic heterocycles. The van der Waals surface area contributed by atoms with Crippen LogP contribution in [-0.2, 0) is 5.54 Å². The maximum atomic E-state index is 13.3. The minimum atomic E-state index is -3.67. The Labute approximate surface area is 165 Å². The minimum Gasteiger partial charge on any atom is -0.395 e. The van der Waals surface area contributed by atoms with Crippen LogP contribution in [0.4, 0.5) is 8.78 Å². The molecule has 0 aromatic heterocycles. The van der Waals surface area contributed by atoms with E-state index in [1.165, 1.54) is 23.9 Å². The molecule has 25 heavy (non-hydrogen) atoms. The zero-order valence-corrected chi connectivity index (χ0v) is 16.3. The van der Waals surface area contributed by atoms with E-state index in [2.05, 4.69) is 30.7 Å². The van der Waals surface area contributed by atoms with E-state index in [9.17, 15) is 8.78 Å². The smallest absolute Gasteiger partial charge is 0.395 e. The number of nitrogens with one attached hydrogen (secondary N) is 1. The van der Waals surface area contributed by atoms with E-state index < -0.39 is 11.8 Å². The van der Waals surface area contributed by atoms with Crippen LogP contribution in [0.2, 0.25) is 0 Å². The summed E-state index contributed by atoms with van der Waals surface area (Å²) in [6.07, 6.45) is -3.67. The van der Waals surface area contributed by atoms with Gasteiger partial charge in [0.05, 0.1) is 4.20 Å². The average Bonchev–Trinajstić information content (AvgIpc) is 3.01. The molecule has 1 saturated heterocycles. The van der Waals surface area contributed by atoms with E-state index in [-0.39, 0.29) is 11.5 Å². The Hall–Kier alpha value is -1.29. The highest BCUT2D eigenvalue weighted by atomic mass is 79.9. The SMILES string of the molecule is FC1(F)Oc2ccc(C3(c4cccc(Br)c4)NC(=S)SC3=S)cc2O1. The molecule has 2 aliphatic rings. The Morgan fingerprint density at radius 2 is 1.72 bits per heavy atom. The molecule has 0 spiro atoms. The van der Waals surface area contributed by atoms with E-state index in [0.29, 0.717) is 14.1 Å². The molecule has 0 radical (unpaired) electrons. The number of fused-ring (bicyclic) bond motifs is 1. The summed E-state index contributed by atoms with van der Waals surface area (Å²) in [5, 5.41) is 3.24. The van der Waals surface area contributed by atoms with E-state index in [1.54, 1.807) is 6.07 Å². The molecule has 3 nitrogen and oxygen atoms in total. The Balaban J connectivity index is 1.89. The van der Waals surface area contributed by atoms with Crippen LogP contribution < -0.4 is 14.8 Å². The number of benzene rings is 2. The lowest BCUT2D eigenvalue weighted by molar-refractivity contribution is -0.286. The van der Waals surface area contributed by atoms with Gasteiger partial charge in [0.1, 0.15) is 9.86 Å². The van der Waals surface area contributed by atoms with E-state index in [0.717, 1.165) is 10.0 Å². The molecule has 0 saturated carbocycles. The molecule has 2 aromatic rings. The molecular formula is C16H8BrF2NO2S3. The zero-order chi connectivity index (χ0) is 17.8. The number of alkyl halides is 2. The summed E-state index contributed by atoms with van der Waals surface area (Å²) in [7, 11) is 0. The van der Waals surface area contributed by atoms with Crippen molar-refractivity contribution in [3.05, 3.63) is 58.1 Å². The molecule has 1 atom stereocenters. The molecule has 2 aromatic carbocycles. The summed E-state index contributed by atoms with van der Waals surface area (Å²) in [6.45, 7) is 0. The van der Waals surface area contributed by atoms with Crippen LogP contribution in [0.1, 0.15) is 11.1 Å². The van der Waals surface area contributed by atoms with Crippen LogP contribution in [-0.4, -0.2) is 14.8 Å². The van der Waals surface area contributed by atoms with Crippen molar-refractivity contribution in [2.75, 3.05) is 0 Å². The van der Waals surface area contributed by atoms with Gasteiger partial charge >= 0.3 is 6.29 Å². The molecular weight excluding hydrogens is 452 g/mol. The normalized spacial score (nSPS) is 23.6. The fourth-order valence-corrected chi connectivity index (χ4v) is 5.15. The first-order valence-electron chi connectivity index (χ1n) is 7.01. The lowest BCUT2D eigenvalue weighted by Crippen LogP contribution is -2.43. The summed E-state index contributed by atoms with van der Waals surface area (Å²) in [4.78, 5) is 0. The number of ether oxygens (including phenoxy) is 2. The number of thiocarbonyl (C=S) groups is 2. The zero-order valence-electron chi connectivity index (χ0n) is 12.2. The maximum Gasteiger partial charge on any atom is 0.586 e. The second-order valence-electron chi connectivity index (χ2n) is 5.39. The van der Waals surface area contributed by atoms with E-state index in [4.69, 9.17) is 24.4 Å². The predicted molar refractivity (Wildman–Crippen MR) is 103 cm³/mol. The monoisotopic (exact) mass is 459 g/mol. The third kappa shape index (κ3) is 2.83. The molecule has 4 rings (SSSR count). The van der Waals surface area contributed by atoms with E-state index >= 15 is 0 Å². The molecule has 1 N–H and O–H groups in total. The maximum absolute atomic E-state index is 13.3. The first kappa shape index (κ1) is 17.1. The number of hydrogen-bond acceptors (Lipinski definition) is 5. The van der Waals surface area contributed by atoms with Crippen molar-refractivity contribution < 1.29 is 18.3 Å². The quantitative estimate of drug-likeness (QED) is 0.638. The number of rotatable bonds is 2. The summed E-state index contributed by atoms with van der Waals surface area (Å²) >= 11 is 15.6. The van der Waals surface area contributed by atoms with Crippen molar-refractivity contribution in [1.29, 1.82) is 0 Å². The van der Waals surface area contributed by atoms with Crippen LogP contribution in [0.25, 0.3) is 0 Å². The summed E-state index contributed by atoms with van der Waals surface area (Å²) in [5.74, 6) is -0.0541. The molecule has 2 heterocycles. The molecule has 128 valence electrons. The van der Waals surface area contributed by atoms with Crippen molar-refractivity contribution in [3.8, 4) is 11.5 Å². The topological polar surface area (TPSA) is 30.5 Å². The summed E-state index contributed by atoms with van der Waals surface area (Å²) in [6, 6.07) is 12.2. The molecule has 0 bridgehead atoms. The van der Waals surface area contributed by atoms with Gasteiger partial charge in [0.25, 0.3) is 0 Å². The fraction of sp³-hybridized carbons (Fsp3) is 0.125. The third-order valence-electron chi connectivity index (χ3n) is 3.87. The van der Waals surface area contributed by atoms with Crippen molar-refractivity contribution >= 4 is 60.6 Å². The van der Waals surface area contributed by atoms with Crippen molar-refractivity contribution in [2.45, 2.75) is 11.8 Å². The van der Waals surface area contributed by atoms with Crippen molar-refractivity contribution in [2.24, 2.45) is 0 Å².